The maximum Gasteiger partial charge on any atom is 0.178 e. The highest BCUT2D eigenvalue weighted by molar-refractivity contribution is 6.08. The molecule has 0 bridgehead atoms. The second-order valence-corrected chi connectivity index (χ2v) is 10.6. The van der Waals surface area contributed by atoms with E-state index in [2.05, 4.69) is 95.9 Å². The van der Waals surface area contributed by atoms with E-state index in [4.69, 9.17) is 4.74 Å². The fraction of sp³-hybridized carbons (Fsp3) is 0.143. The summed E-state index contributed by atoms with van der Waals surface area (Å²) >= 11 is 0. The molecule has 0 fully saturated rings. The summed E-state index contributed by atoms with van der Waals surface area (Å²) in [5, 5.41) is 14.1. The molecule has 186 valence electrons. The van der Waals surface area contributed by atoms with Crippen molar-refractivity contribution in [3.8, 4) is 16.9 Å². The van der Waals surface area contributed by atoms with Gasteiger partial charge in [-0.25, -0.2) is 0 Å². The minimum atomic E-state index is -1.13. The molecule has 0 saturated carbocycles. The lowest BCUT2D eigenvalue weighted by atomic mass is 9.80. The predicted octanol–water partition coefficient (Wildman–Crippen LogP) is 7.49. The first kappa shape index (κ1) is 22.8. The fourth-order valence-electron chi connectivity index (χ4n) is 6.31. The van der Waals surface area contributed by atoms with Crippen molar-refractivity contribution in [1.82, 2.24) is 0 Å². The molecule has 2 unspecified atom stereocenters. The minimum Gasteiger partial charge on any atom is -0.472 e. The SMILES string of the molecule is CN(C)c1ccc(C2(c3ccccc3)C=Cc3c4c(c5ccccc5c3O2)-c2ccccc2C4(C)O)cc1. The lowest BCUT2D eigenvalue weighted by Crippen LogP contribution is -2.35. The predicted molar refractivity (Wildman–Crippen MR) is 156 cm³/mol. The van der Waals surface area contributed by atoms with Crippen molar-refractivity contribution < 1.29 is 9.84 Å². The molecule has 3 heteroatoms. The second-order valence-electron chi connectivity index (χ2n) is 10.6. The van der Waals surface area contributed by atoms with Crippen molar-refractivity contribution in [3.63, 3.8) is 0 Å². The molecule has 5 aromatic rings. The zero-order valence-corrected chi connectivity index (χ0v) is 21.8. The van der Waals surface area contributed by atoms with Crippen LogP contribution < -0.4 is 9.64 Å². The average molecular weight is 496 g/mol. The lowest BCUT2D eigenvalue weighted by Gasteiger charge is -2.38. The molecule has 0 amide bonds. The van der Waals surface area contributed by atoms with Crippen LogP contribution in [0, 0.1) is 0 Å². The van der Waals surface area contributed by atoms with E-state index in [1.165, 1.54) is 0 Å². The normalized spacial score (nSPS) is 20.9. The van der Waals surface area contributed by atoms with Gasteiger partial charge in [0.05, 0.1) is 0 Å². The van der Waals surface area contributed by atoms with E-state index in [1.807, 2.05) is 45.3 Å². The third-order valence-electron chi connectivity index (χ3n) is 8.18. The van der Waals surface area contributed by atoms with E-state index < -0.39 is 11.2 Å². The smallest absolute Gasteiger partial charge is 0.178 e. The quantitative estimate of drug-likeness (QED) is 0.281. The van der Waals surface area contributed by atoms with Crippen LogP contribution in [0.25, 0.3) is 28.0 Å². The Bertz CT molecular complexity index is 1730. The number of aliphatic hydroxyl groups is 1. The van der Waals surface area contributed by atoms with Gasteiger partial charge in [-0.2, -0.15) is 0 Å². The molecular formula is C35H29NO2. The first-order chi connectivity index (χ1) is 18.4. The van der Waals surface area contributed by atoms with Crippen molar-refractivity contribution in [2.45, 2.75) is 18.1 Å². The van der Waals surface area contributed by atoms with Gasteiger partial charge in [0.2, 0.25) is 0 Å². The van der Waals surface area contributed by atoms with Crippen LogP contribution in [-0.2, 0) is 11.2 Å². The van der Waals surface area contributed by atoms with Gasteiger partial charge in [0.15, 0.2) is 5.60 Å². The Balaban J connectivity index is 1.53. The van der Waals surface area contributed by atoms with Gasteiger partial charge in [0, 0.05) is 47.4 Å². The van der Waals surface area contributed by atoms with Gasteiger partial charge in [-0.1, -0.05) is 97.1 Å². The summed E-state index contributed by atoms with van der Waals surface area (Å²) in [7, 11) is 4.09. The van der Waals surface area contributed by atoms with Gasteiger partial charge >= 0.3 is 0 Å². The Hall–Kier alpha value is -4.34. The Morgan fingerprint density at radius 2 is 1.34 bits per heavy atom. The van der Waals surface area contributed by atoms with Crippen molar-refractivity contribution in [2.75, 3.05) is 19.0 Å². The van der Waals surface area contributed by atoms with Crippen LogP contribution in [0.15, 0.2) is 109 Å². The molecule has 2 aliphatic rings. The molecule has 0 spiro atoms. The number of fused-ring (bicyclic) bond motifs is 8. The summed E-state index contributed by atoms with van der Waals surface area (Å²) in [6.45, 7) is 1.90. The minimum absolute atomic E-state index is 0.801. The number of hydrogen-bond acceptors (Lipinski definition) is 3. The molecule has 2 atom stereocenters. The van der Waals surface area contributed by atoms with Gasteiger partial charge < -0.3 is 14.7 Å². The first-order valence-corrected chi connectivity index (χ1v) is 13.0. The van der Waals surface area contributed by atoms with Crippen molar-refractivity contribution in [3.05, 3.63) is 137 Å². The maximum atomic E-state index is 12.0. The summed E-state index contributed by atoms with van der Waals surface area (Å²) in [5.74, 6) is 0.801. The molecule has 7 rings (SSSR count). The number of hydrogen-bond donors (Lipinski definition) is 1. The fourth-order valence-corrected chi connectivity index (χ4v) is 6.31. The highest BCUT2D eigenvalue weighted by atomic mass is 16.5. The van der Waals surface area contributed by atoms with Gasteiger partial charge in [-0.05, 0) is 47.2 Å². The van der Waals surface area contributed by atoms with Crippen LogP contribution in [0.1, 0.15) is 34.7 Å². The van der Waals surface area contributed by atoms with Crippen LogP contribution in [-0.4, -0.2) is 19.2 Å². The van der Waals surface area contributed by atoms with Crippen LogP contribution in [0.5, 0.6) is 5.75 Å². The molecule has 0 saturated heterocycles. The Morgan fingerprint density at radius 1 is 0.711 bits per heavy atom. The summed E-state index contributed by atoms with van der Waals surface area (Å²) in [6, 6.07) is 35.5. The van der Waals surface area contributed by atoms with Crippen LogP contribution in [0.3, 0.4) is 0 Å². The molecule has 1 heterocycles. The van der Waals surface area contributed by atoms with Crippen molar-refractivity contribution in [2.24, 2.45) is 0 Å². The van der Waals surface area contributed by atoms with E-state index in [0.717, 1.165) is 61.2 Å². The first-order valence-electron chi connectivity index (χ1n) is 13.0. The number of nitrogens with zero attached hydrogens (tertiary/aromatic N) is 1. The maximum absolute atomic E-state index is 12.0. The van der Waals surface area contributed by atoms with Gasteiger partial charge in [-0.3, -0.25) is 0 Å². The Morgan fingerprint density at radius 3 is 2.08 bits per heavy atom. The third kappa shape index (κ3) is 3.06. The highest BCUT2D eigenvalue weighted by Crippen LogP contribution is 2.57. The third-order valence-corrected chi connectivity index (χ3v) is 8.18. The zero-order chi connectivity index (χ0) is 26.1. The molecular weight excluding hydrogens is 466 g/mol. The Labute approximate surface area is 223 Å². The Kier molecular flexibility index (Phi) is 4.85. The van der Waals surface area contributed by atoms with E-state index >= 15 is 0 Å². The van der Waals surface area contributed by atoms with E-state index in [-0.39, 0.29) is 0 Å². The summed E-state index contributed by atoms with van der Waals surface area (Å²) < 4.78 is 7.21. The molecule has 3 nitrogen and oxygen atoms in total. The molecule has 1 N–H and O–H groups in total. The topological polar surface area (TPSA) is 32.7 Å². The lowest BCUT2D eigenvalue weighted by molar-refractivity contribution is 0.105. The zero-order valence-electron chi connectivity index (χ0n) is 21.8. The number of benzene rings is 5. The van der Waals surface area contributed by atoms with Crippen molar-refractivity contribution in [1.29, 1.82) is 0 Å². The molecule has 38 heavy (non-hydrogen) atoms. The standard InChI is InChI=1S/C35H29NO2/c1-34(37)30-16-10-9-15-28(30)31-26-13-7-8-14-27(26)33-29(32(31)34)21-22-35(38-33,23-11-5-4-6-12-23)24-17-19-25(20-18-24)36(2)3/h4-22,37H,1-3H3. The molecule has 1 aliphatic carbocycles. The van der Waals surface area contributed by atoms with E-state index in [1.54, 1.807) is 0 Å². The van der Waals surface area contributed by atoms with E-state index in [0.29, 0.717) is 0 Å². The summed E-state index contributed by atoms with van der Waals surface area (Å²) in [6.07, 6.45) is 4.32. The molecule has 0 radical (unpaired) electrons. The molecule has 5 aromatic carbocycles. The van der Waals surface area contributed by atoms with Gasteiger partial charge in [-0.15, -0.1) is 0 Å². The highest BCUT2D eigenvalue weighted by Gasteiger charge is 2.45. The molecule has 1 aliphatic heterocycles. The summed E-state index contributed by atoms with van der Waals surface area (Å²) in [4.78, 5) is 2.10. The average Bonchev–Trinajstić information content (AvgIpc) is 3.20. The van der Waals surface area contributed by atoms with Crippen molar-refractivity contribution >= 4 is 22.5 Å². The monoisotopic (exact) mass is 495 g/mol. The van der Waals surface area contributed by atoms with Gasteiger partial charge in [0.1, 0.15) is 11.4 Å². The summed E-state index contributed by atoms with van der Waals surface area (Å²) in [5.41, 5.74) is 6.26. The molecule has 0 aromatic heterocycles. The largest absolute Gasteiger partial charge is 0.472 e. The van der Waals surface area contributed by atoms with Crippen LogP contribution >= 0.6 is 0 Å². The van der Waals surface area contributed by atoms with Crippen LogP contribution in [0.4, 0.5) is 5.69 Å². The number of rotatable bonds is 3. The number of ether oxygens (including phenoxy) is 1. The van der Waals surface area contributed by atoms with Crippen LogP contribution in [0.2, 0.25) is 0 Å². The second kappa shape index (κ2) is 8.08. The number of anilines is 1. The van der Waals surface area contributed by atoms with Gasteiger partial charge in [0.25, 0.3) is 0 Å². The van der Waals surface area contributed by atoms with E-state index in [9.17, 15) is 5.11 Å².